The number of benzene rings is 1. The van der Waals surface area contributed by atoms with Crippen LogP contribution in [0.1, 0.15) is 29.1 Å². The summed E-state index contributed by atoms with van der Waals surface area (Å²) in [6.07, 6.45) is 0.801. The van der Waals surface area contributed by atoms with Gasteiger partial charge in [0.25, 0.3) is 0 Å². The number of rotatable bonds is 8. The number of furan rings is 1. The van der Waals surface area contributed by atoms with Crippen LogP contribution < -0.4 is 0 Å². The van der Waals surface area contributed by atoms with Gasteiger partial charge < -0.3 is 14.3 Å². The van der Waals surface area contributed by atoms with Gasteiger partial charge in [0.1, 0.15) is 18.1 Å². The van der Waals surface area contributed by atoms with Crippen molar-refractivity contribution in [3.63, 3.8) is 0 Å². The van der Waals surface area contributed by atoms with Gasteiger partial charge in [0.2, 0.25) is 0 Å². The molecule has 0 radical (unpaired) electrons. The van der Waals surface area contributed by atoms with Crippen molar-refractivity contribution in [1.29, 1.82) is 0 Å². The zero-order valence-corrected chi connectivity index (χ0v) is 15.9. The topological polar surface area (TPSA) is 49.1 Å². The second-order valence-corrected chi connectivity index (χ2v) is 7.16. The molecule has 1 aliphatic rings. The minimum Gasteiger partial charge on any atom is -0.462 e. The average molecular weight is 358 g/mol. The van der Waals surface area contributed by atoms with Crippen LogP contribution in [0.2, 0.25) is 0 Å². The van der Waals surface area contributed by atoms with Crippen LogP contribution in [0.5, 0.6) is 0 Å². The molecule has 1 N–H and O–H groups in total. The summed E-state index contributed by atoms with van der Waals surface area (Å²) in [6, 6.07) is 13.1. The smallest absolute Gasteiger partial charge is 0.129 e. The van der Waals surface area contributed by atoms with Crippen molar-refractivity contribution in [2.45, 2.75) is 39.1 Å². The highest BCUT2D eigenvalue weighted by atomic mass is 16.5. The Balaban J connectivity index is 1.58. The van der Waals surface area contributed by atoms with E-state index in [4.69, 9.17) is 9.15 Å². The molecule has 2 heterocycles. The van der Waals surface area contributed by atoms with Crippen molar-refractivity contribution in [3.05, 3.63) is 59.0 Å². The van der Waals surface area contributed by atoms with Gasteiger partial charge in [-0.05, 0) is 31.0 Å². The van der Waals surface area contributed by atoms with Crippen molar-refractivity contribution in [2.75, 3.05) is 33.4 Å². The Kier molecular flexibility index (Phi) is 6.86. The number of piperazine rings is 1. The highest BCUT2D eigenvalue weighted by Crippen LogP contribution is 2.19. The zero-order chi connectivity index (χ0) is 18.4. The van der Waals surface area contributed by atoms with Crippen LogP contribution in [0.15, 0.2) is 40.8 Å². The molecule has 1 aromatic heterocycles. The highest BCUT2D eigenvalue weighted by Gasteiger charge is 2.27. The quantitative estimate of drug-likeness (QED) is 0.786. The largest absolute Gasteiger partial charge is 0.462 e. The second kappa shape index (κ2) is 9.33. The van der Waals surface area contributed by atoms with Gasteiger partial charge in [0, 0.05) is 45.9 Å². The first-order valence-electron chi connectivity index (χ1n) is 9.37. The van der Waals surface area contributed by atoms with Crippen molar-refractivity contribution in [3.8, 4) is 0 Å². The van der Waals surface area contributed by atoms with E-state index in [0.29, 0.717) is 12.6 Å². The predicted octanol–water partition coefficient (Wildman–Crippen LogP) is 2.80. The molecule has 1 atom stereocenters. The Morgan fingerprint density at radius 1 is 1.08 bits per heavy atom. The maximum Gasteiger partial charge on any atom is 0.129 e. The van der Waals surface area contributed by atoms with Gasteiger partial charge >= 0.3 is 0 Å². The van der Waals surface area contributed by atoms with Crippen LogP contribution in [-0.2, 0) is 24.4 Å². The molecule has 0 unspecified atom stereocenters. The van der Waals surface area contributed by atoms with Crippen molar-refractivity contribution in [2.24, 2.45) is 0 Å². The molecular weight excluding hydrogens is 328 g/mol. The molecule has 2 aromatic rings. The van der Waals surface area contributed by atoms with E-state index >= 15 is 0 Å². The fraction of sp³-hybridized carbons (Fsp3) is 0.524. The number of methoxy groups -OCH3 is 1. The molecule has 1 fully saturated rings. The predicted molar refractivity (Wildman–Crippen MR) is 102 cm³/mol. The van der Waals surface area contributed by atoms with Gasteiger partial charge in [-0.15, -0.1) is 0 Å². The maximum atomic E-state index is 9.50. The van der Waals surface area contributed by atoms with Gasteiger partial charge in [-0.3, -0.25) is 9.80 Å². The van der Waals surface area contributed by atoms with Gasteiger partial charge in [-0.1, -0.05) is 29.8 Å². The van der Waals surface area contributed by atoms with E-state index in [1.54, 1.807) is 7.11 Å². The molecule has 26 heavy (non-hydrogen) atoms. The summed E-state index contributed by atoms with van der Waals surface area (Å²) in [5, 5.41) is 9.50. The molecule has 0 spiro atoms. The molecule has 0 amide bonds. The van der Waals surface area contributed by atoms with Crippen LogP contribution in [0.25, 0.3) is 0 Å². The van der Waals surface area contributed by atoms with Crippen LogP contribution in [0, 0.1) is 6.92 Å². The number of aryl methyl sites for hydroxylation is 1. The zero-order valence-electron chi connectivity index (χ0n) is 15.9. The third kappa shape index (κ3) is 5.17. The number of hydrogen-bond acceptors (Lipinski definition) is 5. The van der Waals surface area contributed by atoms with Crippen LogP contribution in [0.3, 0.4) is 0 Å². The summed E-state index contributed by atoms with van der Waals surface area (Å²) in [6.45, 7) is 7.56. The van der Waals surface area contributed by atoms with E-state index in [9.17, 15) is 5.11 Å². The lowest BCUT2D eigenvalue weighted by Gasteiger charge is -2.41. The SMILES string of the molecule is COCc1ccc(CN2CCN(Cc3ccc(C)cc3)[C@H](CCO)C2)o1. The summed E-state index contributed by atoms with van der Waals surface area (Å²) < 4.78 is 10.9. The summed E-state index contributed by atoms with van der Waals surface area (Å²) in [4.78, 5) is 4.91. The number of nitrogens with zero attached hydrogens (tertiary/aromatic N) is 2. The van der Waals surface area contributed by atoms with Crippen LogP contribution in [-0.4, -0.2) is 54.3 Å². The van der Waals surface area contributed by atoms with E-state index in [0.717, 1.165) is 50.7 Å². The van der Waals surface area contributed by atoms with E-state index < -0.39 is 0 Å². The average Bonchev–Trinajstić information content (AvgIpc) is 3.07. The van der Waals surface area contributed by atoms with Crippen LogP contribution >= 0.6 is 0 Å². The first-order chi connectivity index (χ1) is 12.7. The maximum absolute atomic E-state index is 9.50. The van der Waals surface area contributed by atoms with Gasteiger partial charge in [-0.2, -0.15) is 0 Å². The standard InChI is InChI=1S/C21H30N2O3/c1-17-3-5-18(6-4-17)13-23-11-10-22(14-19(23)9-12-24)15-20-7-8-21(26-20)16-25-2/h3-8,19,24H,9-16H2,1-2H3/t19-/m1/s1. The minimum absolute atomic E-state index is 0.224. The molecule has 0 aliphatic carbocycles. The summed E-state index contributed by atoms with van der Waals surface area (Å²) in [7, 11) is 1.68. The van der Waals surface area contributed by atoms with E-state index in [1.807, 2.05) is 12.1 Å². The summed E-state index contributed by atoms with van der Waals surface area (Å²) in [5.74, 6) is 1.85. The van der Waals surface area contributed by atoms with Crippen molar-refractivity contribution < 1.29 is 14.3 Å². The summed E-state index contributed by atoms with van der Waals surface area (Å²) in [5.41, 5.74) is 2.62. The lowest BCUT2D eigenvalue weighted by Crippen LogP contribution is -2.52. The van der Waals surface area contributed by atoms with E-state index in [2.05, 4.69) is 41.0 Å². The third-order valence-corrected chi connectivity index (χ3v) is 5.04. The summed E-state index contributed by atoms with van der Waals surface area (Å²) >= 11 is 0. The first-order valence-corrected chi connectivity index (χ1v) is 9.37. The molecular formula is C21H30N2O3. The van der Waals surface area contributed by atoms with Gasteiger partial charge in [-0.25, -0.2) is 0 Å². The molecule has 3 rings (SSSR count). The number of hydrogen-bond donors (Lipinski definition) is 1. The minimum atomic E-state index is 0.224. The Labute approximate surface area is 156 Å². The van der Waals surface area contributed by atoms with E-state index in [-0.39, 0.29) is 6.61 Å². The van der Waals surface area contributed by atoms with Crippen molar-refractivity contribution in [1.82, 2.24) is 9.80 Å². The fourth-order valence-corrected chi connectivity index (χ4v) is 3.61. The molecule has 1 aromatic carbocycles. The normalized spacial score (nSPS) is 19.1. The lowest BCUT2D eigenvalue weighted by molar-refractivity contribution is 0.0462. The Morgan fingerprint density at radius 2 is 1.85 bits per heavy atom. The van der Waals surface area contributed by atoms with Crippen molar-refractivity contribution >= 4 is 0 Å². The van der Waals surface area contributed by atoms with Gasteiger partial charge in [0.05, 0.1) is 6.54 Å². The Hall–Kier alpha value is -1.66. The second-order valence-electron chi connectivity index (χ2n) is 7.16. The Bertz CT molecular complexity index is 668. The lowest BCUT2D eigenvalue weighted by atomic mass is 10.1. The third-order valence-electron chi connectivity index (χ3n) is 5.04. The molecule has 142 valence electrons. The van der Waals surface area contributed by atoms with E-state index in [1.165, 1.54) is 11.1 Å². The molecule has 1 aliphatic heterocycles. The first kappa shape index (κ1) is 19.1. The molecule has 1 saturated heterocycles. The molecule has 5 heteroatoms. The number of aliphatic hydroxyl groups excluding tert-OH is 1. The van der Waals surface area contributed by atoms with Crippen LogP contribution in [0.4, 0.5) is 0 Å². The molecule has 0 bridgehead atoms. The monoisotopic (exact) mass is 358 g/mol. The highest BCUT2D eigenvalue weighted by molar-refractivity contribution is 5.21. The Morgan fingerprint density at radius 3 is 2.58 bits per heavy atom. The van der Waals surface area contributed by atoms with Gasteiger partial charge in [0.15, 0.2) is 0 Å². The fourth-order valence-electron chi connectivity index (χ4n) is 3.61. The molecule has 0 saturated carbocycles. The number of ether oxygens (including phenoxy) is 1. The number of aliphatic hydroxyl groups is 1. The molecule has 5 nitrogen and oxygen atoms in total.